The largest absolute Gasteiger partial charge is 0.481 e. The topological polar surface area (TPSA) is 46.5 Å². The molecule has 12 heavy (non-hydrogen) atoms. The van der Waals surface area contributed by atoms with E-state index in [2.05, 4.69) is 0 Å². The van der Waals surface area contributed by atoms with Crippen molar-refractivity contribution in [2.24, 2.45) is 11.3 Å². The highest BCUT2D eigenvalue weighted by atomic mass is 16.5. The van der Waals surface area contributed by atoms with E-state index < -0.39 is 11.4 Å². The van der Waals surface area contributed by atoms with Crippen LogP contribution in [0.2, 0.25) is 0 Å². The molecule has 3 nitrogen and oxygen atoms in total. The highest BCUT2D eigenvalue weighted by Crippen LogP contribution is 2.58. The highest BCUT2D eigenvalue weighted by molar-refractivity contribution is 5.77. The third-order valence-corrected chi connectivity index (χ3v) is 3.66. The van der Waals surface area contributed by atoms with Crippen LogP contribution in [0.4, 0.5) is 0 Å². The van der Waals surface area contributed by atoms with E-state index in [-0.39, 0.29) is 6.10 Å². The number of rotatable bonds is 2. The third-order valence-electron chi connectivity index (χ3n) is 3.66. The Hall–Kier alpha value is -0.570. The second-order valence-electron chi connectivity index (χ2n) is 3.92. The van der Waals surface area contributed by atoms with E-state index in [4.69, 9.17) is 9.84 Å². The Kier molecular flexibility index (Phi) is 1.65. The SMILES string of the molecule is CO[C@@H]1CC[C@@]2(C(=O)O)CC[C@@H]12. The van der Waals surface area contributed by atoms with Crippen LogP contribution in [0.5, 0.6) is 0 Å². The summed E-state index contributed by atoms with van der Waals surface area (Å²) in [4.78, 5) is 11.0. The summed E-state index contributed by atoms with van der Waals surface area (Å²) in [5.41, 5.74) is -0.402. The molecule has 0 saturated heterocycles. The fourth-order valence-corrected chi connectivity index (χ4v) is 2.77. The van der Waals surface area contributed by atoms with Crippen molar-refractivity contribution in [1.82, 2.24) is 0 Å². The molecule has 3 heteroatoms. The minimum Gasteiger partial charge on any atom is -0.481 e. The lowest BCUT2D eigenvalue weighted by Crippen LogP contribution is -2.46. The zero-order valence-electron chi connectivity index (χ0n) is 7.25. The molecule has 0 aromatic heterocycles. The zero-order chi connectivity index (χ0) is 8.77. The lowest BCUT2D eigenvalue weighted by atomic mass is 9.61. The fraction of sp³-hybridized carbons (Fsp3) is 0.889. The number of carboxylic acid groups (broad SMARTS) is 1. The van der Waals surface area contributed by atoms with Crippen molar-refractivity contribution in [2.75, 3.05) is 7.11 Å². The van der Waals surface area contributed by atoms with E-state index in [0.29, 0.717) is 5.92 Å². The lowest BCUT2D eigenvalue weighted by Gasteiger charge is -2.42. The van der Waals surface area contributed by atoms with E-state index in [1.54, 1.807) is 7.11 Å². The van der Waals surface area contributed by atoms with Gasteiger partial charge in [-0.15, -0.1) is 0 Å². The fourth-order valence-electron chi connectivity index (χ4n) is 2.77. The first-order valence-corrected chi connectivity index (χ1v) is 4.47. The number of carboxylic acids is 1. The van der Waals surface area contributed by atoms with E-state index in [1.165, 1.54) is 0 Å². The quantitative estimate of drug-likeness (QED) is 0.679. The van der Waals surface area contributed by atoms with Crippen molar-refractivity contribution >= 4 is 5.97 Å². The van der Waals surface area contributed by atoms with Gasteiger partial charge in [0.2, 0.25) is 0 Å². The molecule has 2 aliphatic carbocycles. The van der Waals surface area contributed by atoms with Gasteiger partial charge in [-0.2, -0.15) is 0 Å². The van der Waals surface area contributed by atoms with Crippen molar-refractivity contribution < 1.29 is 14.6 Å². The molecule has 0 aromatic rings. The molecule has 3 atom stereocenters. The molecule has 0 spiro atoms. The van der Waals surface area contributed by atoms with Crippen LogP contribution in [0.3, 0.4) is 0 Å². The minimum absolute atomic E-state index is 0.204. The molecule has 2 aliphatic rings. The van der Waals surface area contributed by atoms with Gasteiger partial charge in [-0.05, 0) is 25.7 Å². The number of hydrogen-bond acceptors (Lipinski definition) is 2. The average Bonchev–Trinajstić information content (AvgIpc) is 2.23. The molecule has 0 bridgehead atoms. The lowest BCUT2D eigenvalue weighted by molar-refractivity contribution is -0.161. The Balaban J connectivity index is 2.16. The number of aliphatic carboxylic acids is 1. The van der Waals surface area contributed by atoms with Gasteiger partial charge in [0.1, 0.15) is 0 Å². The summed E-state index contributed by atoms with van der Waals surface area (Å²) in [5, 5.41) is 9.05. The number of ether oxygens (including phenoxy) is 1. The van der Waals surface area contributed by atoms with Gasteiger partial charge in [0, 0.05) is 13.0 Å². The van der Waals surface area contributed by atoms with Crippen LogP contribution in [-0.2, 0) is 9.53 Å². The molecule has 2 fully saturated rings. The molecule has 0 aromatic carbocycles. The van der Waals surface area contributed by atoms with E-state index >= 15 is 0 Å². The molecule has 2 rings (SSSR count). The van der Waals surface area contributed by atoms with Gasteiger partial charge in [-0.3, -0.25) is 4.79 Å². The first-order chi connectivity index (χ1) is 5.70. The summed E-state index contributed by atoms with van der Waals surface area (Å²) >= 11 is 0. The summed E-state index contributed by atoms with van der Waals surface area (Å²) in [7, 11) is 1.68. The van der Waals surface area contributed by atoms with Crippen molar-refractivity contribution in [3.8, 4) is 0 Å². The first-order valence-electron chi connectivity index (χ1n) is 4.47. The van der Waals surface area contributed by atoms with Crippen molar-refractivity contribution in [3.05, 3.63) is 0 Å². The van der Waals surface area contributed by atoms with Crippen LogP contribution in [-0.4, -0.2) is 24.3 Å². The van der Waals surface area contributed by atoms with Crippen LogP contribution in [0.25, 0.3) is 0 Å². The predicted molar refractivity (Wildman–Crippen MR) is 42.8 cm³/mol. The molecule has 0 radical (unpaired) electrons. The van der Waals surface area contributed by atoms with Gasteiger partial charge in [0.05, 0.1) is 11.5 Å². The van der Waals surface area contributed by atoms with Crippen LogP contribution in [0, 0.1) is 11.3 Å². The molecule has 0 aliphatic heterocycles. The first kappa shape index (κ1) is 8.05. The Labute approximate surface area is 71.7 Å². The van der Waals surface area contributed by atoms with Crippen molar-refractivity contribution in [3.63, 3.8) is 0 Å². The minimum atomic E-state index is -0.613. The van der Waals surface area contributed by atoms with E-state index in [0.717, 1.165) is 25.7 Å². The smallest absolute Gasteiger partial charge is 0.310 e. The zero-order valence-corrected chi connectivity index (χ0v) is 7.25. The van der Waals surface area contributed by atoms with Crippen molar-refractivity contribution in [1.29, 1.82) is 0 Å². The highest BCUT2D eigenvalue weighted by Gasteiger charge is 2.59. The van der Waals surface area contributed by atoms with Crippen LogP contribution in [0.1, 0.15) is 25.7 Å². The normalized spacial score (nSPS) is 45.1. The van der Waals surface area contributed by atoms with E-state index in [1.807, 2.05) is 0 Å². The maximum atomic E-state index is 11.0. The second kappa shape index (κ2) is 2.46. The molecule has 68 valence electrons. The van der Waals surface area contributed by atoms with Crippen molar-refractivity contribution in [2.45, 2.75) is 31.8 Å². The maximum Gasteiger partial charge on any atom is 0.310 e. The Morgan fingerprint density at radius 3 is 2.50 bits per heavy atom. The van der Waals surface area contributed by atoms with Gasteiger partial charge >= 0.3 is 5.97 Å². The predicted octanol–water partition coefficient (Wildman–Crippen LogP) is 1.28. The summed E-state index contributed by atoms with van der Waals surface area (Å²) in [6.45, 7) is 0. The number of carbonyl (C=O) groups is 1. The van der Waals surface area contributed by atoms with Crippen LogP contribution >= 0.6 is 0 Å². The molecular weight excluding hydrogens is 156 g/mol. The summed E-state index contributed by atoms with van der Waals surface area (Å²) in [5.74, 6) is -0.321. The standard InChI is InChI=1S/C9H14O3/c1-12-7-3-5-9(8(10)11)4-2-6(7)9/h6-7H,2-5H2,1H3,(H,10,11)/t6-,7+,9-/m0/s1. The number of methoxy groups -OCH3 is 1. The second-order valence-corrected chi connectivity index (χ2v) is 3.92. The van der Waals surface area contributed by atoms with Gasteiger partial charge in [-0.25, -0.2) is 0 Å². The van der Waals surface area contributed by atoms with Gasteiger partial charge in [0.25, 0.3) is 0 Å². The molecule has 2 saturated carbocycles. The molecule has 0 amide bonds. The number of fused-ring (bicyclic) bond motifs is 1. The molecular formula is C9H14O3. The summed E-state index contributed by atoms with van der Waals surface area (Å²) in [6, 6.07) is 0. The molecule has 0 heterocycles. The Morgan fingerprint density at radius 2 is 2.17 bits per heavy atom. The number of hydrogen-bond donors (Lipinski definition) is 1. The Morgan fingerprint density at radius 1 is 1.50 bits per heavy atom. The average molecular weight is 170 g/mol. The van der Waals surface area contributed by atoms with Gasteiger partial charge in [0.15, 0.2) is 0 Å². The molecule has 1 N–H and O–H groups in total. The summed E-state index contributed by atoms with van der Waals surface area (Å²) in [6.07, 6.45) is 3.83. The monoisotopic (exact) mass is 170 g/mol. The van der Waals surface area contributed by atoms with Crippen LogP contribution < -0.4 is 0 Å². The van der Waals surface area contributed by atoms with Gasteiger partial charge in [-0.1, -0.05) is 0 Å². The van der Waals surface area contributed by atoms with Gasteiger partial charge < -0.3 is 9.84 Å². The van der Waals surface area contributed by atoms with E-state index in [9.17, 15) is 4.79 Å². The maximum absolute atomic E-state index is 11.0. The summed E-state index contributed by atoms with van der Waals surface area (Å²) < 4.78 is 5.26. The molecule has 0 unspecified atom stereocenters. The third kappa shape index (κ3) is 0.774. The van der Waals surface area contributed by atoms with Crippen LogP contribution in [0.15, 0.2) is 0 Å². The Bertz CT molecular complexity index is 214.